The number of allylic oxidation sites excluding steroid dienone is 1. The first-order valence-corrected chi connectivity index (χ1v) is 7.05. The Morgan fingerprint density at radius 3 is 2.41 bits per heavy atom. The normalized spacial score (nSPS) is 11.2. The van der Waals surface area contributed by atoms with Gasteiger partial charge in [-0.3, -0.25) is 4.79 Å². The molecule has 0 aliphatic heterocycles. The fourth-order valence-electron chi connectivity index (χ4n) is 1.63. The standard InChI is InChI=1S/C14H14OS2/c1-9-4-7-14(17-9)13(15)6-5-12-8-10(2)16-11(12)3/h4-8H,1-3H3/b6-5+. The molecule has 0 saturated heterocycles. The Morgan fingerprint density at radius 1 is 1.12 bits per heavy atom. The predicted molar refractivity (Wildman–Crippen MR) is 76.2 cm³/mol. The van der Waals surface area contributed by atoms with Crippen molar-refractivity contribution in [2.24, 2.45) is 0 Å². The topological polar surface area (TPSA) is 17.1 Å². The molecular weight excluding hydrogens is 248 g/mol. The van der Waals surface area contributed by atoms with Crippen LogP contribution in [-0.2, 0) is 0 Å². The van der Waals surface area contributed by atoms with Crippen molar-refractivity contribution in [3.63, 3.8) is 0 Å². The Kier molecular flexibility index (Phi) is 3.60. The van der Waals surface area contributed by atoms with Gasteiger partial charge in [-0.15, -0.1) is 22.7 Å². The maximum absolute atomic E-state index is 11.9. The van der Waals surface area contributed by atoms with Crippen LogP contribution in [0.15, 0.2) is 24.3 Å². The Balaban J connectivity index is 2.16. The van der Waals surface area contributed by atoms with Crippen LogP contribution in [0, 0.1) is 20.8 Å². The van der Waals surface area contributed by atoms with E-state index < -0.39 is 0 Å². The second-order valence-corrected chi connectivity index (χ2v) is 6.72. The molecule has 0 amide bonds. The molecule has 2 aromatic rings. The monoisotopic (exact) mass is 262 g/mol. The largest absolute Gasteiger partial charge is 0.288 e. The van der Waals surface area contributed by atoms with E-state index in [1.165, 1.54) is 14.6 Å². The second-order valence-electron chi connectivity index (χ2n) is 3.98. The van der Waals surface area contributed by atoms with Crippen molar-refractivity contribution in [2.45, 2.75) is 20.8 Å². The first-order valence-electron chi connectivity index (χ1n) is 5.42. The van der Waals surface area contributed by atoms with Crippen LogP contribution in [0.25, 0.3) is 6.08 Å². The molecule has 0 N–H and O–H groups in total. The highest BCUT2D eigenvalue weighted by atomic mass is 32.1. The number of rotatable bonds is 3. The summed E-state index contributed by atoms with van der Waals surface area (Å²) in [6, 6.07) is 5.98. The second kappa shape index (κ2) is 4.98. The highest BCUT2D eigenvalue weighted by Gasteiger charge is 2.05. The summed E-state index contributed by atoms with van der Waals surface area (Å²) in [4.78, 5) is 16.4. The van der Waals surface area contributed by atoms with Gasteiger partial charge in [0.05, 0.1) is 4.88 Å². The van der Waals surface area contributed by atoms with Crippen LogP contribution in [0.3, 0.4) is 0 Å². The van der Waals surface area contributed by atoms with Gasteiger partial charge in [0.2, 0.25) is 0 Å². The van der Waals surface area contributed by atoms with Crippen LogP contribution >= 0.6 is 22.7 Å². The third-order valence-corrected chi connectivity index (χ3v) is 4.47. The summed E-state index contributed by atoms with van der Waals surface area (Å²) in [5.74, 6) is 0.0892. The zero-order chi connectivity index (χ0) is 12.4. The molecule has 1 nitrogen and oxygen atoms in total. The van der Waals surface area contributed by atoms with Gasteiger partial charge in [0.15, 0.2) is 5.78 Å². The number of thiophene rings is 2. The molecule has 3 heteroatoms. The molecule has 2 heterocycles. The molecule has 17 heavy (non-hydrogen) atoms. The van der Waals surface area contributed by atoms with Crippen molar-refractivity contribution in [3.8, 4) is 0 Å². The van der Waals surface area contributed by atoms with E-state index in [0.717, 1.165) is 10.4 Å². The molecule has 88 valence electrons. The summed E-state index contributed by atoms with van der Waals surface area (Å²) in [6.45, 7) is 6.17. The summed E-state index contributed by atoms with van der Waals surface area (Å²) in [5.41, 5.74) is 1.15. The molecule has 0 spiro atoms. The van der Waals surface area contributed by atoms with E-state index in [2.05, 4.69) is 19.9 Å². The number of aryl methyl sites for hydroxylation is 3. The van der Waals surface area contributed by atoms with Gasteiger partial charge in [-0.2, -0.15) is 0 Å². The Hall–Kier alpha value is -1.19. The van der Waals surface area contributed by atoms with Crippen LogP contribution in [0.1, 0.15) is 29.9 Å². The Labute approximate surface area is 109 Å². The lowest BCUT2D eigenvalue weighted by Crippen LogP contribution is -1.88. The van der Waals surface area contributed by atoms with Crippen LogP contribution < -0.4 is 0 Å². The van der Waals surface area contributed by atoms with Gasteiger partial charge < -0.3 is 0 Å². The average molecular weight is 262 g/mol. The lowest BCUT2D eigenvalue weighted by Gasteiger charge is -1.90. The van der Waals surface area contributed by atoms with E-state index in [9.17, 15) is 4.79 Å². The molecular formula is C14H14OS2. The van der Waals surface area contributed by atoms with E-state index in [1.807, 2.05) is 25.1 Å². The summed E-state index contributed by atoms with van der Waals surface area (Å²) < 4.78 is 0. The van der Waals surface area contributed by atoms with E-state index in [0.29, 0.717) is 0 Å². The van der Waals surface area contributed by atoms with Gasteiger partial charge in [-0.05, 0) is 56.7 Å². The number of carbonyl (C=O) groups excluding carboxylic acids is 1. The van der Waals surface area contributed by atoms with E-state index in [-0.39, 0.29) is 5.78 Å². The summed E-state index contributed by atoms with van der Waals surface area (Å²) >= 11 is 3.30. The van der Waals surface area contributed by atoms with Crippen LogP contribution in [-0.4, -0.2) is 5.78 Å². The van der Waals surface area contributed by atoms with E-state index >= 15 is 0 Å². The Morgan fingerprint density at radius 2 is 1.88 bits per heavy atom. The third-order valence-electron chi connectivity index (χ3n) is 2.48. The van der Waals surface area contributed by atoms with Gasteiger partial charge in [0.25, 0.3) is 0 Å². The smallest absolute Gasteiger partial charge is 0.195 e. The van der Waals surface area contributed by atoms with Crippen molar-refractivity contribution in [2.75, 3.05) is 0 Å². The van der Waals surface area contributed by atoms with E-state index in [4.69, 9.17) is 0 Å². The number of hydrogen-bond donors (Lipinski definition) is 0. The van der Waals surface area contributed by atoms with Gasteiger partial charge >= 0.3 is 0 Å². The maximum Gasteiger partial charge on any atom is 0.195 e. The van der Waals surface area contributed by atoms with Gasteiger partial charge in [-0.25, -0.2) is 0 Å². The first kappa shape index (κ1) is 12.3. The van der Waals surface area contributed by atoms with Crippen molar-refractivity contribution < 1.29 is 4.79 Å². The molecule has 0 aromatic carbocycles. The van der Waals surface area contributed by atoms with E-state index in [1.54, 1.807) is 28.7 Å². The summed E-state index contributed by atoms with van der Waals surface area (Å²) in [7, 11) is 0. The van der Waals surface area contributed by atoms with Gasteiger partial charge in [0, 0.05) is 14.6 Å². The van der Waals surface area contributed by atoms with Crippen molar-refractivity contribution in [3.05, 3.63) is 49.3 Å². The predicted octanol–water partition coefficient (Wildman–Crippen LogP) is 4.63. The van der Waals surface area contributed by atoms with Crippen molar-refractivity contribution >= 4 is 34.5 Å². The maximum atomic E-state index is 11.9. The molecule has 0 aliphatic carbocycles. The summed E-state index contributed by atoms with van der Waals surface area (Å²) in [5, 5.41) is 0. The zero-order valence-electron chi connectivity index (χ0n) is 10.1. The van der Waals surface area contributed by atoms with Crippen LogP contribution in [0.2, 0.25) is 0 Å². The quantitative estimate of drug-likeness (QED) is 0.582. The van der Waals surface area contributed by atoms with Gasteiger partial charge in [-0.1, -0.05) is 0 Å². The lowest BCUT2D eigenvalue weighted by atomic mass is 10.2. The van der Waals surface area contributed by atoms with Crippen LogP contribution in [0.5, 0.6) is 0 Å². The fourth-order valence-corrected chi connectivity index (χ4v) is 3.33. The first-order chi connectivity index (χ1) is 8.06. The molecule has 0 fully saturated rings. The minimum atomic E-state index is 0.0892. The third kappa shape index (κ3) is 2.93. The highest BCUT2D eigenvalue weighted by Crippen LogP contribution is 2.22. The average Bonchev–Trinajstić information content (AvgIpc) is 2.82. The molecule has 0 aliphatic rings. The number of carbonyl (C=O) groups is 1. The molecule has 0 unspecified atom stereocenters. The summed E-state index contributed by atoms with van der Waals surface area (Å²) in [6.07, 6.45) is 3.58. The molecule has 0 saturated carbocycles. The Bertz CT molecular complexity index is 573. The van der Waals surface area contributed by atoms with Crippen molar-refractivity contribution in [1.29, 1.82) is 0 Å². The van der Waals surface area contributed by atoms with Crippen LogP contribution in [0.4, 0.5) is 0 Å². The number of hydrogen-bond acceptors (Lipinski definition) is 3. The molecule has 0 bridgehead atoms. The minimum Gasteiger partial charge on any atom is -0.288 e. The lowest BCUT2D eigenvalue weighted by molar-refractivity contribution is 0.105. The van der Waals surface area contributed by atoms with Gasteiger partial charge in [0.1, 0.15) is 0 Å². The zero-order valence-corrected chi connectivity index (χ0v) is 11.7. The molecule has 2 rings (SSSR count). The molecule has 0 atom stereocenters. The van der Waals surface area contributed by atoms with Crippen molar-refractivity contribution in [1.82, 2.24) is 0 Å². The molecule has 0 radical (unpaired) electrons. The SMILES string of the molecule is Cc1ccc(C(=O)/C=C/c2cc(C)sc2C)s1. The molecule has 2 aromatic heterocycles. The highest BCUT2D eigenvalue weighted by molar-refractivity contribution is 7.14. The fraction of sp³-hybridized carbons (Fsp3) is 0.214. The number of ketones is 1. The minimum absolute atomic E-state index is 0.0892.